The molecule has 25 heavy (non-hydrogen) atoms. The van der Waals surface area contributed by atoms with Gasteiger partial charge in [-0.2, -0.15) is 0 Å². The third-order valence-corrected chi connectivity index (χ3v) is 3.82. The SMILES string of the molecule is COCCOc1ccc(NC(=O)[C@H](C)n2cnc3ccccc32)cn1. The summed E-state index contributed by atoms with van der Waals surface area (Å²) < 4.78 is 12.2. The Labute approximate surface area is 145 Å². The molecular formula is C18H20N4O3. The van der Waals surface area contributed by atoms with Crippen LogP contribution in [0.5, 0.6) is 5.88 Å². The number of anilines is 1. The maximum atomic E-state index is 12.5. The molecule has 0 radical (unpaired) electrons. The van der Waals surface area contributed by atoms with Crippen LogP contribution in [0.15, 0.2) is 48.9 Å². The summed E-state index contributed by atoms with van der Waals surface area (Å²) in [6.45, 7) is 2.76. The molecule has 0 fully saturated rings. The van der Waals surface area contributed by atoms with Gasteiger partial charge in [0.05, 0.1) is 35.9 Å². The predicted octanol–water partition coefficient (Wildman–Crippen LogP) is 2.66. The zero-order valence-electron chi connectivity index (χ0n) is 14.2. The number of nitrogens with one attached hydrogen (secondary N) is 1. The molecule has 0 unspecified atom stereocenters. The number of hydrogen-bond acceptors (Lipinski definition) is 5. The highest BCUT2D eigenvalue weighted by Crippen LogP contribution is 2.19. The van der Waals surface area contributed by atoms with E-state index in [0.29, 0.717) is 24.8 Å². The number of carbonyl (C=O) groups excluding carboxylic acids is 1. The van der Waals surface area contributed by atoms with Crippen molar-refractivity contribution in [3.8, 4) is 5.88 Å². The molecule has 0 bridgehead atoms. The maximum absolute atomic E-state index is 12.5. The van der Waals surface area contributed by atoms with Gasteiger partial charge in [0.15, 0.2) is 0 Å². The second kappa shape index (κ2) is 7.76. The Morgan fingerprint density at radius 3 is 2.80 bits per heavy atom. The summed E-state index contributed by atoms with van der Waals surface area (Å²) in [5.74, 6) is 0.349. The Balaban J connectivity index is 1.65. The lowest BCUT2D eigenvalue weighted by molar-refractivity contribution is -0.118. The molecule has 0 aliphatic carbocycles. The molecule has 1 N–H and O–H groups in total. The lowest BCUT2D eigenvalue weighted by Crippen LogP contribution is -2.23. The summed E-state index contributed by atoms with van der Waals surface area (Å²) in [5, 5.41) is 2.86. The lowest BCUT2D eigenvalue weighted by Gasteiger charge is -2.14. The molecule has 1 aromatic carbocycles. The molecule has 7 nitrogen and oxygen atoms in total. The van der Waals surface area contributed by atoms with Crippen molar-refractivity contribution in [1.29, 1.82) is 0 Å². The number of imidazole rings is 1. The summed E-state index contributed by atoms with van der Waals surface area (Å²) in [7, 11) is 1.61. The summed E-state index contributed by atoms with van der Waals surface area (Å²) in [6.07, 6.45) is 3.25. The number of methoxy groups -OCH3 is 1. The Morgan fingerprint density at radius 1 is 1.20 bits per heavy atom. The number of rotatable bonds is 7. The summed E-state index contributed by atoms with van der Waals surface area (Å²) in [5.41, 5.74) is 2.40. The van der Waals surface area contributed by atoms with Gasteiger partial charge in [-0.1, -0.05) is 12.1 Å². The highest BCUT2D eigenvalue weighted by atomic mass is 16.5. The largest absolute Gasteiger partial charge is 0.475 e. The molecule has 0 spiro atoms. The third kappa shape index (κ3) is 3.95. The predicted molar refractivity (Wildman–Crippen MR) is 94.7 cm³/mol. The zero-order chi connectivity index (χ0) is 17.6. The number of aromatic nitrogens is 3. The van der Waals surface area contributed by atoms with E-state index in [9.17, 15) is 4.79 Å². The second-order valence-corrected chi connectivity index (χ2v) is 5.53. The van der Waals surface area contributed by atoms with Gasteiger partial charge in [-0.05, 0) is 25.1 Å². The van der Waals surface area contributed by atoms with Gasteiger partial charge in [-0.3, -0.25) is 4.79 Å². The van der Waals surface area contributed by atoms with Gasteiger partial charge in [-0.15, -0.1) is 0 Å². The standard InChI is InChI=1S/C18H20N4O3/c1-13(22-12-20-15-5-3-4-6-16(15)22)18(23)21-14-7-8-17(19-11-14)25-10-9-24-2/h3-8,11-13H,9-10H2,1-2H3,(H,21,23)/t13-/m0/s1. The first kappa shape index (κ1) is 16.9. The minimum atomic E-state index is -0.398. The van der Waals surface area contributed by atoms with E-state index in [-0.39, 0.29) is 5.91 Å². The number of fused-ring (bicyclic) bond motifs is 1. The number of nitrogens with zero attached hydrogens (tertiary/aromatic N) is 3. The average Bonchev–Trinajstić information content (AvgIpc) is 3.07. The normalized spacial score (nSPS) is 12.1. The topological polar surface area (TPSA) is 78.3 Å². The Hall–Kier alpha value is -2.93. The van der Waals surface area contributed by atoms with Gasteiger partial charge in [-0.25, -0.2) is 9.97 Å². The molecule has 3 aromatic rings. The van der Waals surface area contributed by atoms with Crippen molar-refractivity contribution in [2.24, 2.45) is 0 Å². The minimum absolute atomic E-state index is 0.141. The van der Waals surface area contributed by atoms with Crippen molar-refractivity contribution >= 4 is 22.6 Å². The van der Waals surface area contributed by atoms with Crippen LogP contribution in [-0.2, 0) is 9.53 Å². The van der Waals surface area contributed by atoms with Crippen LogP contribution in [0.4, 0.5) is 5.69 Å². The Kier molecular flexibility index (Phi) is 5.25. The highest BCUT2D eigenvalue weighted by molar-refractivity contribution is 5.94. The third-order valence-electron chi connectivity index (χ3n) is 3.82. The van der Waals surface area contributed by atoms with Crippen LogP contribution in [0.1, 0.15) is 13.0 Å². The van der Waals surface area contributed by atoms with E-state index in [1.165, 1.54) is 0 Å². The number of hydrogen-bond donors (Lipinski definition) is 1. The van der Waals surface area contributed by atoms with Crippen LogP contribution in [0.25, 0.3) is 11.0 Å². The van der Waals surface area contributed by atoms with Gasteiger partial charge < -0.3 is 19.4 Å². The van der Waals surface area contributed by atoms with Gasteiger partial charge >= 0.3 is 0 Å². The van der Waals surface area contributed by atoms with E-state index < -0.39 is 6.04 Å². The summed E-state index contributed by atoms with van der Waals surface area (Å²) in [4.78, 5) is 21.0. The van der Waals surface area contributed by atoms with Crippen molar-refractivity contribution in [2.75, 3.05) is 25.6 Å². The fraction of sp³-hybridized carbons (Fsp3) is 0.278. The molecule has 0 saturated heterocycles. The number of carbonyl (C=O) groups is 1. The fourth-order valence-corrected chi connectivity index (χ4v) is 2.43. The van der Waals surface area contributed by atoms with Crippen molar-refractivity contribution in [1.82, 2.24) is 14.5 Å². The van der Waals surface area contributed by atoms with Gasteiger partial charge in [0, 0.05) is 13.2 Å². The molecule has 0 saturated carbocycles. The van der Waals surface area contributed by atoms with Crippen molar-refractivity contribution in [2.45, 2.75) is 13.0 Å². The quantitative estimate of drug-likeness (QED) is 0.669. The van der Waals surface area contributed by atoms with E-state index in [1.807, 2.05) is 35.8 Å². The van der Waals surface area contributed by atoms with Crippen LogP contribution < -0.4 is 10.1 Å². The average molecular weight is 340 g/mol. The van der Waals surface area contributed by atoms with Crippen molar-refractivity contribution < 1.29 is 14.3 Å². The molecule has 2 aromatic heterocycles. The fourth-order valence-electron chi connectivity index (χ4n) is 2.43. The first-order valence-electron chi connectivity index (χ1n) is 7.99. The van der Waals surface area contributed by atoms with E-state index >= 15 is 0 Å². The molecule has 1 atom stereocenters. The molecule has 7 heteroatoms. The highest BCUT2D eigenvalue weighted by Gasteiger charge is 2.17. The number of pyridine rings is 1. The van der Waals surface area contributed by atoms with Crippen molar-refractivity contribution in [3.05, 3.63) is 48.9 Å². The van der Waals surface area contributed by atoms with Gasteiger partial charge in [0.2, 0.25) is 11.8 Å². The smallest absolute Gasteiger partial charge is 0.247 e. The Morgan fingerprint density at radius 2 is 2.04 bits per heavy atom. The zero-order valence-corrected chi connectivity index (χ0v) is 14.2. The van der Waals surface area contributed by atoms with E-state index in [4.69, 9.17) is 9.47 Å². The van der Waals surface area contributed by atoms with Crippen LogP contribution in [0.3, 0.4) is 0 Å². The van der Waals surface area contributed by atoms with Crippen LogP contribution in [0, 0.1) is 0 Å². The molecule has 2 heterocycles. The first-order chi connectivity index (χ1) is 12.2. The van der Waals surface area contributed by atoms with Crippen LogP contribution >= 0.6 is 0 Å². The Bertz CT molecular complexity index is 845. The van der Waals surface area contributed by atoms with E-state index in [2.05, 4.69) is 15.3 Å². The first-order valence-corrected chi connectivity index (χ1v) is 7.99. The van der Waals surface area contributed by atoms with E-state index in [1.54, 1.807) is 31.8 Å². The minimum Gasteiger partial charge on any atom is -0.475 e. The molecule has 0 aliphatic rings. The molecular weight excluding hydrogens is 320 g/mol. The van der Waals surface area contributed by atoms with Gasteiger partial charge in [0.25, 0.3) is 0 Å². The van der Waals surface area contributed by atoms with Crippen LogP contribution in [0.2, 0.25) is 0 Å². The maximum Gasteiger partial charge on any atom is 0.247 e. The second-order valence-electron chi connectivity index (χ2n) is 5.53. The van der Waals surface area contributed by atoms with Gasteiger partial charge in [0.1, 0.15) is 12.6 Å². The van der Waals surface area contributed by atoms with Crippen LogP contribution in [-0.4, -0.2) is 40.8 Å². The van der Waals surface area contributed by atoms with Crippen molar-refractivity contribution in [3.63, 3.8) is 0 Å². The number of ether oxygens (including phenoxy) is 2. The molecule has 1 amide bonds. The number of amides is 1. The molecule has 3 rings (SSSR count). The lowest BCUT2D eigenvalue weighted by atomic mass is 10.2. The number of para-hydroxylation sites is 2. The van der Waals surface area contributed by atoms with E-state index in [0.717, 1.165) is 11.0 Å². The monoisotopic (exact) mass is 340 g/mol. The summed E-state index contributed by atoms with van der Waals surface area (Å²) >= 11 is 0. The summed E-state index contributed by atoms with van der Waals surface area (Å²) in [6, 6.07) is 10.8. The molecule has 130 valence electrons. The molecule has 0 aliphatic heterocycles. The number of benzene rings is 1.